The summed E-state index contributed by atoms with van der Waals surface area (Å²) in [5, 5.41) is 13.7. The molecule has 0 bridgehead atoms. The summed E-state index contributed by atoms with van der Waals surface area (Å²) in [6.07, 6.45) is 1.62. The van der Waals surface area contributed by atoms with E-state index in [1.807, 2.05) is 13.8 Å². The maximum absolute atomic E-state index is 13.3. The molecule has 3 rings (SSSR count). The Balaban J connectivity index is 2.05. The maximum atomic E-state index is 13.3. The Morgan fingerprint density at radius 3 is 2.57 bits per heavy atom. The first-order valence-electron chi connectivity index (χ1n) is 7.16. The van der Waals surface area contributed by atoms with Crippen LogP contribution in [0.15, 0.2) is 36.5 Å². The molecule has 0 saturated heterocycles. The van der Waals surface area contributed by atoms with Crippen LogP contribution in [0.1, 0.15) is 25.3 Å². The van der Waals surface area contributed by atoms with E-state index in [4.69, 9.17) is 0 Å². The van der Waals surface area contributed by atoms with Gasteiger partial charge in [-0.3, -0.25) is 0 Å². The third-order valence-corrected chi connectivity index (χ3v) is 3.52. The average molecular weight is 315 g/mol. The number of aromatic nitrogens is 2. The Hall–Kier alpha value is -2.76. The molecule has 0 amide bonds. The minimum Gasteiger partial charge on any atom is -0.508 e. The summed E-state index contributed by atoms with van der Waals surface area (Å²) in [5.74, 6) is -1.37. The Bertz CT molecular complexity index is 881. The van der Waals surface area contributed by atoms with E-state index in [1.165, 1.54) is 6.07 Å². The first-order chi connectivity index (χ1) is 11.0. The average Bonchev–Trinajstić information content (AvgIpc) is 2.50. The second-order valence-electron chi connectivity index (χ2n) is 5.54. The number of benzene rings is 2. The van der Waals surface area contributed by atoms with Crippen LogP contribution in [0.25, 0.3) is 10.9 Å². The number of aromatic hydroxyl groups is 1. The summed E-state index contributed by atoms with van der Waals surface area (Å²) in [6, 6.07) is 6.82. The summed E-state index contributed by atoms with van der Waals surface area (Å²) in [6.45, 7) is 3.91. The number of halogens is 2. The van der Waals surface area contributed by atoms with Gasteiger partial charge in [0.1, 0.15) is 5.75 Å². The van der Waals surface area contributed by atoms with Gasteiger partial charge in [-0.15, -0.1) is 0 Å². The van der Waals surface area contributed by atoms with Gasteiger partial charge >= 0.3 is 0 Å². The maximum Gasteiger partial charge on any atom is 0.227 e. The molecule has 0 fully saturated rings. The molecule has 2 aromatic carbocycles. The molecule has 4 nitrogen and oxygen atoms in total. The monoisotopic (exact) mass is 315 g/mol. The zero-order valence-electron chi connectivity index (χ0n) is 12.6. The fourth-order valence-electron chi connectivity index (χ4n) is 2.44. The van der Waals surface area contributed by atoms with Crippen molar-refractivity contribution in [1.29, 1.82) is 0 Å². The number of fused-ring (bicyclic) bond motifs is 1. The molecule has 3 aromatic rings. The SMILES string of the molecule is CC(C)c1c(O)ccc2cnc(Nc3ccc(F)c(F)c3)nc12. The van der Waals surface area contributed by atoms with Crippen molar-refractivity contribution < 1.29 is 13.9 Å². The zero-order valence-corrected chi connectivity index (χ0v) is 12.6. The molecule has 1 heterocycles. The van der Waals surface area contributed by atoms with Crippen LogP contribution >= 0.6 is 0 Å². The van der Waals surface area contributed by atoms with E-state index in [2.05, 4.69) is 15.3 Å². The van der Waals surface area contributed by atoms with Gasteiger partial charge in [0, 0.05) is 28.9 Å². The van der Waals surface area contributed by atoms with E-state index in [0.29, 0.717) is 11.2 Å². The highest BCUT2D eigenvalue weighted by Gasteiger charge is 2.13. The summed E-state index contributed by atoms with van der Waals surface area (Å²) >= 11 is 0. The van der Waals surface area contributed by atoms with Gasteiger partial charge in [0.05, 0.1) is 5.52 Å². The van der Waals surface area contributed by atoms with Crippen LogP contribution in [0.4, 0.5) is 20.4 Å². The van der Waals surface area contributed by atoms with Gasteiger partial charge < -0.3 is 10.4 Å². The van der Waals surface area contributed by atoms with E-state index >= 15 is 0 Å². The number of rotatable bonds is 3. The van der Waals surface area contributed by atoms with E-state index in [-0.39, 0.29) is 17.6 Å². The predicted molar refractivity (Wildman–Crippen MR) is 84.9 cm³/mol. The second-order valence-corrected chi connectivity index (χ2v) is 5.54. The number of hydrogen-bond donors (Lipinski definition) is 2. The first kappa shape index (κ1) is 15.1. The molecule has 0 aliphatic carbocycles. The number of hydrogen-bond acceptors (Lipinski definition) is 4. The van der Waals surface area contributed by atoms with Gasteiger partial charge in [0.15, 0.2) is 11.6 Å². The minimum atomic E-state index is -0.948. The van der Waals surface area contributed by atoms with Crippen molar-refractivity contribution in [1.82, 2.24) is 9.97 Å². The van der Waals surface area contributed by atoms with Crippen molar-refractivity contribution in [2.75, 3.05) is 5.32 Å². The lowest BCUT2D eigenvalue weighted by atomic mass is 9.99. The van der Waals surface area contributed by atoms with Crippen LogP contribution in [-0.4, -0.2) is 15.1 Å². The van der Waals surface area contributed by atoms with Gasteiger partial charge in [-0.2, -0.15) is 0 Å². The van der Waals surface area contributed by atoms with Crippen molar-refractivity contribution in [3.63, 3.8) is 0 Å². The number of anilines is 2. The predicted octanol–water partition coefficient (Wildman–Crippen LogP) is 4.48. The highest BCUT2D eigenvalue weighted by molar-refractivity contribution is 5.85. The Labute approximate surface area is 131 Å². The van der Waals surface area contributed by atoms with E-state index in [9.17, 15) is 13.9 Å². The highest BCUT2D eigenvalue weighted by atomic mass is 19.2. The van der Waals surface area contributed by atoms with E-state index < -0.39 is 11.6 Å². The van der Waals surface area contributed by atoms with Gasteiger partial charge in [0.2, 0.25) is 5.95 Å². The van der Waals surface area contributed by atoms with Crippen molar-refractivity contribution >= 4 is 22.5 Å². The molecule has 1 aromatic heterocycles. The smallest absolute Gasteiger partial charge is 0.227 e. The van der Waals surface area contributed by atoms with Gasteiger partial charge in [0.25, 0.3) is 0 Å². The topological polar surface area (TPSA) is 58.0 Å². The van der Waals surface area contributed by atoms with Crippen LogP contribution in [0.3, 0.4) is 0 Å². The molecule has 118 valence electrons. The van der Waals surface area contributed by atoms with Crippen molar-refractivity contribution in [3.8, 4) is 5.75 Å². The van der Waals surface area contributed by atoms with Crippen molar-refractivity contribution in [2.24, 2.45) is 0 Å². The molecule has 0 aliphatic rings. The third kappa shape index (κ3) is 2.92. The largest absolute Gasteiger partial charge is 0.508 e. The van der Waals surface area contributed by atoms with Crippen molar-refractivity contribution in [3.05, 3.63) is 53.7 Å². The summed E-state index contributed by atoms with van der Waals surface area (Å²) in [7, 11) is 0. The molecule has 0 unspecified atom stereocenters. The van der Waals surface area contributed by atoms with Crippen LogP contribution in [0, 0.1) is 11.6 Å². The number of nitrogens with one attached hydrogen (secondary N) is 1. The lowest BCUT2D eigenvalue weighted by molar-refractivity contribution is 0.466. The van der Waals surface area contributed by atoms with Gasteiger partial charge in [-0.25, -0.2) is 18.7 Å². The molecule has 23 heavy (non-hydrogen) atoms. The van der Waals surface area contributed by atoms with Crippen molar-refractivity contribution in [2.45, 2.75) is 19.8 Å². The normalized spacial score (nSPS) is 11.2. The highest BCUT2D eigenvalue weighted by Crippen LogP contribution is 2.32. The zero-order chi connectivity index (χ0) is 16.6. The summed E-state index contributed by atoms with van der Waals surface area (Å²) in [4.78, 5) is 8.57. The summed E-state index contributed by atoms with van der Waals surface area (Å²) < 4.78 is 26.2. The molecular weight excluding hydrogens is 300 g/mol. The number of nitrogens with zero attached hydrogens (tertiary/aromatic N) is 2. The molecule has 0 spiro atoms. The first-order valence-corrected chi connectivity index (χ1v) is 7.16. The Morgan fingerprint density at radius 2 is 1.87 bits per heavy atom. The Kier molecular flexibility index (Phi) is 3.82. The van der Waals surface area contributed by atoms with Gasteiger partial charge in [-0.05, 0) is 30.2 Å². The van der Waals surface area contributed by atoms with E-state index in [1.54, 1.807) is 18.3 Å². The number of phenolic OH excluding ortho intramolecular Hbond substituents is 1. The van der Waals surface area contributed by atoms with Gasteiger partial charge in [-0.1, -0.05) is 13.8 Å². The van der Waals surface area contributed by atoms with Crippen LogP contribution in [0.5, 0.6) is 5.75 Å². The van der Waals surface area contributed by atoms with Crippen LogP contribution < -0.4 is 5.32 Å². The molecule has 0 radical (unpaired) electrons. The lowest BCUT2D eigenvalue weighted by Crippen LogP contribution is -2.00. The molecule has 6 heteroatoms. The Morgan fingerprint density at radius 1 is 1.09 bits per heavy atom. The van der Waals surface area contributed by atoms with Crippen LogP contribution in [-0.2, 0) is 0 Å². The van der Waals surface area contributed by atoms with E-state index in [0.717, 1.165) is 23.1 Å². The summed E-state index contributed by atoms with van der Waals surface area (Å²) in [5.41, 5.74) is 1.69. The fraction of sp³-hybridized carbons (Fsp3) is 0.176. The molecule has 0 saturated carbocycles. The molecule has 2 N–H and O–H groups in total. The second kappa shape index (κ2) is 5.79. The number of phenols is 1. The lowest BCUT2D eigenvalue weighted by Gasteiger charge is -2.12. The minimum absolute atomic E-state index is 0.0738. The quantitative estimate of drug-likeness (QED) is 0.748. The molecular formula is C17H15F2N3O. The third-order valence-electron chi connectivity index (χ3n) is 3.52. The standard InChI is InChI=1S/C17H15F2N3O/c1-9(2)15-14(23)6-3-10-8-20-17(22-16(10)15)21-11-4-5-12(18)13(19)7-11/h3-9,23H,1-2H3,(H,20,21,22). The molecule has 0 atom stereocenters. The molecule has 0 aliphatic heterocycles. The fourth-order valence-corrected chi connectivity index (χ4v) is 2.44. The van der Waals surface area contributed by atoms with Crippen LogP contribution in [0.2, 0.25) is 0 Å².